The van der Waals surface area contributed by atoms with Crippen LogP contribution in [0.2, 0.25) is 0 Å². The highest BCUT2D eigenvalue weighted by Crippen LogP contribution is 2.20. The number of benzene rings is 1. The highest BCUT2D eigenvalue weighted by atomic mass is 16.5. The molecule has 22 heavy (non-hydrogen) atoms. The summed E-state index contributed by atoms with van der Waals surface area (Å²) < 4.78 is 5.26. The molecule has 0 saturated carbocycles. The van der Waals surface area contributed by atoms with Crippen LogP contribution in [0.5, 0.6) is 0 Å². The van der Waals surface area contributed by atoms with Gasteiger partial charge in [0.25, 0.3) is 0 Å². The second kappa shape index (κ2) is 6.97. The van der Waals surface area contributed by atoms with Crippen molar-refractivity contribution in [2.75, 3.05) is 32.8 Å². The standard InChI is InChI=1S/C18H24N2O2/c1-14-2-4-15(5-3-14)10-17-12-20(13-17)18(21)19-11-16-6-8-22-9-7-16/h2-6,17H,7-13H2,1H3,(H,19,21). The summed E-state index contributed by atoms with van der Waals surface area (Å²) in [6, 6.07) is 8.75. The van der Waals surface area contributed by atoms with Crippen molar-refractivity contribution in [1.29, 1.82) is 0 Å². The molecule has 1 N–H and O–H groups in total. The number of nitrogens with one attached hydrogen (secondary N) is 1. The summed E-state index contributed by atoms with van der Waals surface area (Å²) in [5.74, 6) is 0.593. The second-order valence-corrected chi connectivity index (χ2v) is 6.31. The van der Waals surface area contributed by atoms with E-state index in [0.29, 0.717) is 19.1 Å². The van der Waals surface area contributed by atoms with Crippen molar-refractivity contribution < 1.29 is 9.53 Å². The first-order chi connectivity index (χ1) is 10.7. The Labute approximate surface area is 132 Å². The van der Waals surface area contributed by atoms with Crippen LogP contribution in [0.15, 0.2) is 35.9 Å². The molecule has 4 nitrogen and oxygen atoms in total. The van der Waals surface area contributed by atoms with Gasteiger partial charge in [-0.25, -0.2) is 4.79 Å². The zero-order chi connectivity index (χ0) is 15.4. The maximum atomic E-state index is 12.1. The first-order valence-corrected chi connectivity index (χ1v) is 8.04. The third-order valence-electron chi connectivity index (χ3n) is 4.41. The van der Waals surface area contributed by atoms with Crippen molar-refractivity contribution in [2.24, 2.45) is 5.92 Å². The number of hydrogen-bond acceptors (Lipinski definition) is 2. The molecule has 1 fully saturated rings. The Bertz CT molecular complexity index is 545. The van der Waals surface area contributed by atoms with Gasteiger partial charge in [0.05, 0.1) is 13.2 Å². The number of urea groups is 1. The van der Waals surface area contributed by atoms with E-state index >= 15 is 0 Å². The summed E-state index contributed by atoms with van der Waals surface area (Å²) in [4.78, 5) is 14.0. The van der Waals surface area contributed by atoms with Crippen molar-refractivity contribution in [1.82, 2.24) is 10.2 Å². The molecule has 1 aromatic carbocycles. The van der Waals surface area contributed by atoms with Crippen LogP contribution in [0.1, 0.15) is 17.5 Å². The lowest BCUT2D eigenvalue weighted by Crippen LogP contribution is -2.54. The lowest BCUT2D eigenvalue weighted by molar-refractivity contribution is 0.120. The van der Waals surface area contributed by atoms with E-state index in [1.165, 1.54) is 16.7 Å². The number of hydrogen-bond donors (Lipinski definition) is 1. The lowest BCUT2D eigenvalue weighted by Gasteiger charge is -2.39. The summed E-state index contributed by atoms with van der Waals surface area (Å²) >= 11 is 0. The number of rotatable bonds is 4. The summed E-state index contributed by atoms with van der Waals surface area (Å²) in [5.41, 5.74) is 3.93. The molecule has 2 aliphatic rings. The summed E-state index contributed by atoms with van der Waals surface area (Å²) in [6.45, 7) is 5.93. The molecule has 0 bridgehead atoms. The number of carbonyl (C=O) groups is 1. The SMILES string of the molecule is Cc1ccc(CC2CN(C(=O)NCC3=CCOCC3)C2)cc1. The quantitative estimate of drug-likeness (QED) is 0.868. The van der Waals surface area contributed by atoms with Crippen molar-refractivity contribution in [3.05, 3.63) is 47.0 Å². The average molecular weight is 300 g/mol. The molecule has 0 unspecified atom stereocenters. The number of nitrogens with zero attached hydrogens (tertiary/aromatic N) is 1. The summed E-state index contributed by atoms with van der Waals surface area (Å²) in [7, 11) is 0. The Morgan fingerprint density at radius 1 is 1.32 bits per heavy atom. The Balaban J connectivity index is 1.38. The molecular formula is C18H24N2O2. The van der Waals surface area contributed by atoms with Gasteiger partial charge in [-0.05, 0) is 31.2 Å². The number of carbonyl (C=O) groups excluding carboxylic acids is 1. The largest absolute Gasteiger partial charge is 0.377 e. The molecule has 2 heterocycles. The van der Waals surface area contributed by atoms with Gasteiger partial charge in [0.15, 0.2) is 0 Å². The minimum absolute atomic E-state index is 0.0625. The van der Waals surface area contributed by atoms with E-state index in [9.17, 15) is 4.79 Å². The predicted molar refractivity (Wildman–Crippen MR) is 86.9 cm³/mol. The molecule has 0 spiro atoms. The normalized spacial score (nSPS) is 18.6. The third kappa shape index (κ3) is 3.89. The van der Waals surface area contributed by atoms with Crippen LogP contribution in [-0.2, 0) is 11.2 Å². The minimum atomic E-state index is 0.0625. The minimum Gasteiger partial charge on any atom is -0.377 e. The highest BCUT2D eigenvalue weighted by Gasteiger charge is 2.30. The highest BCUT2D eigenvalue weighted by molar-refractivity contribution is 5.75. The van der Waals surface area contributed by atoms with Gasteiger partial charge in [0.1, 0.15) is 0 Å². The number of ether oxygens (including phenoxy) is 1. The third-order valence-corrected chi connectivity index (χ3v) is 4.41. The van der Waals surface area contributed by atoms with Gasteiger partial charge in [-0.1, -0.05) is 41.5 Å². The molecule has 0 aromatic heterocycles. The van der Waals surface area contributed by atoms with Crippen LogP contribution in [-0.4, -0.2) is 43.8 Å². The molecular weight excluding hydrogens is 276 g/mol. The first kappa shape index (κ1) is 15.1. The van der Waals surface area contributed by atoms with Crippen LogP contribution in [0, 0.1) is 12.8 Å². The lowest BCUT2D eigenvalue weighted by atomic mass is 9.92. The van der Waals surface area contributed by atoms with E-state index in [2.05, 4.69) is 42.6 Å². The van der Waals surface area contributed by atoms with E-state index < -0.39 is 0 Å². The van der Waals surface area contributed by atoms with Crippen molar-refractivity contribution >= 4 is 6.03 Å². The average Bonchev–Trinajstić information content (AvgIpc) is 2.51. The van der Waals surface area contributed by atoms with E-state index in [4.69, 9.17) is 4.74 Å². The van der Waals surface area contributed by atoms with E-state index in [0.717, 1.165) is 32.5 Å². The van der Waals surface area contributed by atoms with Crippen LogP contribution in [0.3, 0.4) is 0 Å². The number of likely N-dealkylation sites (tertiary alicyclic amines) is 1. The topological polar surface area (TPSA) is 41.6 Å². The Hall–Kier alpha value is -1.81. The fourth-order valence-corrected chi connectivity index (χ4v) is 2.95. The monoisotopic (exact) mass is 300 g/mol. The zero-order valence-corrected chi connectivity index (χ0v) is 13.2. The molecule has 2 aliphatic heterocycles. The van der Waals surface area contributed by atoms with Gasteiger partial charge in [-0.2, -0.15) is 0 Å². The van der Waals surface area contributed by atoms with Crippen molar-refractivity contribution in [3.8, 4) is 0 Å². The van der Waals surface area contributed by atoms with Gasteiger partial charge in [-0.3, -0.25) is 0 Å². The van der Waals surface area contributed by atoms with E-state index in [-0.39, 0.29) is 6.03 Å². The molecule has 0 atom stereocenters. The Morgan fingerprint density at radius 3 is 2.77 bits per heavy atom. The number of amides is 2. The molecule has 3 rings (SSSR count). The van der Waals surface area contributed by atoms with Gasteiger partial charge in [0, 0.05) is 19.6 Å². The summed E-state index contributed by atoms with van der Waals surface area (Å²) in [5, 5.41) is 3.01. The predicted octanol–water partition coefficient (Wildman–Crippen LogP) is 2.53. The smallest absolute Gasteiger partial charge is 0.317 e. The molecule has 0 radical (unpaired) electrons. The van der Waals surface area contributed by atoms with Crippen molar-refractivity contribution in [3.63, 3.8) is 0 Å². The van der Waals surface area contributed by atoms with Gasteiger partial charge < -0.3 is 15.0 Å². The van der Waals surface area contributed by atoms with Gasteiger partial charge in [-0.15, -0.1) is 0 Å². The van der Waals surface area contributed by atoms with E-state index in [1.807, 2.05) is 4.90 Å². The van der Waals surface area contributed by atoms with Crippen LogP contribution < -0.4 is 5.32 Å². The van der Waals surface area contributed by atoms with Crippen LogP contribution in [0.25, 0.3) is 0 Å². The molecule has 1 saturated heterocycles. The molecule has 0 aliphatic carbocycles. The van der Waals surface area contributed by atoms with Crippen LogP contribution in [0.4, 0.5) is 4.79 Å². The van der Waals surface area contributed by atoms with Crippen molar-refractivity contribution in [2.45, 2.75) is 19.8 Å². The first-order valence-electron chi connectivity index (χ1n) is 8.04. The zero-order valence-electron chi connectivity index (χ0n) is 13.2. The maximum Gasteiger partial charge on any atom is 0.317 e. The van der Waals surface area contributed by atoms with Gasteiger partial charge in [0.2, 0.25) is 0 Å². The summed E-state index contributed by atoms with van der Waals surface area (Å²) in [6.07, 6.45) is 4.06. The second-order valence-electron chi connectivity index (χ2n) is 6.31. The molecule has 4 heteroatoms. The fourth-order valence-electron chi connectivity index (χ4n) is 2.95. The molecule has 118 valence electrons. The van der Waals surface area contributed by atoms with Gasteiger partial charge >= 0.3 is 6.03 Å². The fraction of sp³-hybridized carbons (Fsp3) is 0.500. The van der Waals surface area contributed by atoms with Crippen LogP contribution >= 0.6 is 0 Å². The molecule has 1 aromatic rings. The Morgan fingerprint density at radius 2 is 2.09 bits per heavy atom. The number of aryl methyl sites for hydroxylation is 1. The van der Waals surface area contributed by atoms with E-state index in [1.54, 1.807) is 0 Å². The maximum absolute atomic E-state index is 12.1. The molecule has 2 amide bonds. The Kier molecular flexibility index (Phi) is 4.78.